The topological polar surface area (TPSA) is 9.23 Å². The Morgan fingerprint density at radius 3 is 2.20 bits per heavy atom. The van der Waals surface area contributed by atoms with Crippen LogP contribution in [0.25, 0.3) is 0 Å². The van der Waals surface area contributed by atoms with Crippen LogP contribution in [0.4, 0.5) is 0 Å². The highest BCUT2D eigenvalue weighted by atomic mass is 16.5. The molecule has 0 aliphatic heterocycles. The van der Waals surface area contributed by atoms with Crippen molar-refractivity contribution in [2.45, 2.75) is 33.3 Å². The molecule has 0 amide bonds. The van der Waals surface area contributed by atoms with Gasteiger partial charge in [-0.3, -0.25) is 0 Å². The lowest BCUT2D eigenvalue weighted by atomic mass is 10.2. The van der Waals surface area contributed by atoms with Crippen molar-refractivity contribution in [1.29, 1.82) is 0 Å². The third-order valence-electron chi connectivity index (χ3n) is 0.790. The molecule has 0 radical (unpaired) electrons. The van der Waals surface area contributed by atoms with Crippen LogP contribution >= 0.6 is 0 Å². The van der Waals surface area contributed by atoms with Crippen LogP contribution in [0.5, 0.6) is 0 Å². The van der Waals surface area contributed by atoms with Gasteiger partial charge in [-0.15, -0.1) is 0 Å². The van der Waals surface area contributed by atoms with E-state index in [0.717, 1.165) is 5.76 Å². The highest BCUT2D eigenvalue weighted by molar-refractivity contribution is 5.06. The van der Waals surface area contributed by atoms with Gasteiger partial charge < -0.3 is 4.74 Å². The lowest BCUT2D eigenvalue weighted by molar-refractivity contribution is 0.0609. The molecule has 0 aliphatic carbocycles. The molecule has 10 heavy (non-hydrogen) atoms. The molecule has 0 saturated carbocycles. The summed E-state index contributed by atoms with van der Waals surface area (Å²) in [5, 5.41) is 0. The molecule has 58 valence electrons. The van der Waals surface area contributed by atoms with Gasteiger partial charge in [0.25, 0.3) is 0 Å². The first-order valence-corrected chi connectivity index (χ1v) is 3.46. The quantitative estimate of drug-likeness (QED) is 0.423. The van der Waals surface area contributed by atoms with Gasteiger partial charge in [0.2, 0.25) is 0 Å². The predicted octanol–water partition coefficient (Wildman–Crippen LogP) is 2.89. The second kappa shape index (κ2) is 3.45. The summed E-state index contributed by atoms with van der Waals surface area (Å²) in [7, 11) is 0. The standard InChI is InChI=1S/C9H16O/c1-6-7-8(2)10-9(3,4)5/h6-7H,2H2,1,3-5H3. The van der Waals surface area contributed by atoms with Crippen molar-refractivity contribution in [2.75, 3.05) is 0 Å². The zero-order valence-corrected chi connectivity index (χ0v) is 7.27. The molecule has 0 bridgehead atoms. The molecule has 1 heteroatoms. The van der Waals surface area contributed by atoms with Gasteiger partial charge in [-0.1, -0.05) is 12.7 Å². The molecular formula is C9H16O. The Hall–Kier alpha value is -0.720. The molecule has 0 fully saturated rings. The number of allylic oxidation sites excluding steroid dienone is 2. The van der Waals surface area contributed by atoms with Gasteiger partial charge in [-0.2, -0.15) is 0 Å². The number of hydrogen-bond acceptors (Lipinski definition) is 1. The van der Waals surface area contributed by atoms with Crippen LogP contribution in [0, 0.1) is 0 Å². The van der Waals surface area contributed by atoms with E-state index in [9.17, 15) is 0 Å². The van der Waals surface area contributed by atoms with Gasteiger partial charge in [0.15, 0.2) is 0 Å². The summed E-state index contributed by atoms with van der Waals surface area (Å²) in [5.74, 6) is 0.718. The van der Waals surface area contributed by atoms with Crippen LogP contribution in [-0.2, 0) is 4.74 Å². The second-order valence-corrected chi connectivity index (χ2v) is 3.18. The van der Waals surface area contributed by atoms with Gasteiger partial charge >= 0.3 is 0 Å². The van der Waals surface area contributed by atoms with Gasteiger partial charge in [0.1, 0.15) is 11.4 Å². The van der Waals surface area contributed by atoms with E-state index in [1.54, 1.807) is 0 Å². The SMILES string of the molecule is C=C(C=CC)OC(C)(C)C. The maximum absolute atomic E-state index is 5.40. The summed E-state index contributed by atoms with van der Waals surface area (Å²) in [4.78, 5) is 0. The largest absolute Gasteiger partial charge is 0.489 e. The molecule has 0 atom stereocenters. The molecule has 0 aromatic carbocycles. The lowest BCUT2D eigenvalue weighted by Gasteiger charge is -2.20. The van der Waals surface area contributed by atoms with Crippen molar-refractivity contribution in [3.63, 3.8) is 0 Å². The maximum Gasteiger partial charge on any atom is 0.112 e. The first kappa shape index (κ1) is 9.28. The minimum absolute atomic E-state index is 0.128. The fraction of sp³-hybridized carbons (Fsp3) is 0.556. The molecule has 0 heterocycles. The van der Waals surface area contributed by atoms with Gasteiger partial charge in [-0.05, 0) is 33.8 Å². The Bertz CT molecular complexity index is 137. The van der Waals surface area contributed by atoms with Crippen molar-refractivity contribution in [3.05, 3.63) is 24.5 Å². The third-order valence-corrected chi connectivity index (χ3v) is 0.790. The summed E-state index contributed by atoms with van der Waals surface area (Å²) in [6.45, 7) is 11.7. The molecule has 0 aromatic rings. The summed E-state index contributed by atoms with van der Waals surface area (Å²) in [6.07, 6.45) is 3.76. The molecule has 0 N–H and O–H groups in total. The monoisotopic (exact) mass is 140 g/mol. The van der Waals surface area contributed by atoms with Crippen LogP contribution in [0.3, 0.4) is 0 Å². The minimum Gasteiger partial charge on any atom is -0.489 e. The first-order valence-electron chi connectivity index (χ1n) is 3.46. The summed E-state index contributed by atoms with van der Waals surface area (Å²) >= 11 is 0. The Morgan fingerprint density at radius 1 is 1.40 bits per heavy atom. The van der Waals surface area contributed by atoms with E-state index in [4.69, 9.17) is 4.74 Å². The van der Waals surface area contributed by atoms with Crippen LogP contribution < -0.4 is 0 Å². The van der Waals surface area contributed by atoms with Gasteiger partial charge in [0, 0.05) is 0 Å². The van der Waals surface area contributed by atoms with Gasteiger partial charge in [0.05, 0.1) is 0 Å². The Kier molecular flexibility index (Phi) is 3.20. The molecular weight excluding hydrogens is 124 g/mol. The van der Waals surface area contributed by atoms with Crippen LogP contribution in [0.1, 0.15) is 27.7 Å². The number of ether oxygens (including phenoxy) is 1. The Morgan fingerprint density at radius 2 is 1.90 bits per heavy atom. The zero-order valence-electron chi connectivity index (χ0n) is 7.27. The van der Waals surface area contributed by atoms with E-state index >= 15 is 0 Å². The fourth-order valence-corrected chi connectivity index (χ4v) is 0.613. The third kappa shape index (κ3) is 5.42. The molecule has 1 nitrogen and oxygen atoms in total. The fourth-order valence-electron chi connectivity index (χ4n) is 0.613. The highest BCUT2D eigenvalue weighted by Crippen LogP contribution is 2.12. The normalized spacial score (nSPS) is 12.0. The van der Waals surface area contributed by atoms with E-state index in [2.05, 4.69) is 6.58 Å². The van der Waals surface area contributed by atoms with Crippen molar-refractivity contribution in [2.24, 2.45) is 0 Å². The van der Waals surface area contributed by atoms with E-state index in [0.29, 0.717) is 0 Å². The lowest BCUT2D eigenvalue weighted by Crippen LogP contribution is -2.17. The van der Waals surface area contributed by atoms with Crippen LogP contribution in [0.2, 0.25) is 0 Å². The van der Waals surface area contributed by atoms with E-state index in [1.165, 1.54) is 0 Å². The highest BCUT2D eigenvalue weighted by Gasteiger charge is 2.10. The van der Waals surface area contributed by atoms with Crippen LogP contribution in [-0.4, -0.2) is 5.60 Å². The Labute approximate surface area is 63.4 Å². The average molecular weight is 140 g/mol. The van der Waals surface area contributed by atoms with Crippen LogP contribution in [0.15, 0.2) is 24.5 Å². The maximum atomic E-state index is 5.40. The van der Waals surface area contributed by atoms with Gasteiger partial charge in [-0.25, -0.2) is 0 Å². The Balaban J connectivity index is 3.81. The molecule has 0 rings (SSSR count). The zero-order chi connectivity index (χ0) is 8.20. The predicted molar refractivity (Wildman–Crippen MR) is 44.8 cm³/mol. The molecule has 0 aliphatic rings. The molecule has 0 spiro atoms. The van der Waals surface area contributed by atoms with Crippen molar-refractivity contribution >= 4 is 0 Å². The molecule has 0 aromatic heterocycles. The number of hydrogen-bond donors (Lipinski definition) is 0. The van der Waals surface area contributed by atoms with Crippen molar-refractivity contribution < 1.29 is 4.74 Å². The summed E-state index contributed by atoms with van der Waals surface area (Å²) in [5.41, 5.74) is -0.128. The second-order valence-electron chi connectivity index (χ2n) is 3.18. The van der Waals surface area contributed by atoms with E-state index < -0.39 is 0 Å². The average Bonchev–Trinajstić information content (AvgIpc) is 1.59. The van der Waals surface area contributed by atoms with E-state index in [1.807, 2.05) is 39.8 Å². The molecule has 0 unspecified atom stereocenters. The smallest absolute Gasteiger partial charge is 0.112 e. The van der Waals surface area contributed by atoms with Crippen molar-refractivity contribution in [3.8, 4) is 0 Å². The minimum atomic E-state index is -0.128. The van der Waals surface area contributed by atoms with E-state index in [-0.39, 0.29) is 5.60 Å². The summed E-state index contributed by atoms with van der Waals surface area (Å²) < 4.78 is 5.40. The molecule has 0 saturated heterocycles. The van der Waals surface area contributed by atoms with Crippen molar-refractivity contribution in [1.82, 2.24) is 0 Å². The summed E-state index contributed by atoms with van der Waals surface area (Å²) in [6, 6.07) is 0. The number of rotatable bonds is 2. The first-order chi connectivity index (χ1) is 4.45.